The number of aliphatic hydroxyl groups is 1. The van der Waals surface area contributed by atoms with Crippen molar-refractivity contribution in [3.8, 4) is 5.75 Å². The number of anilines is 1. The Morgan fingerprint density at radius 1 is 1.17 bits per heavy atom. The van der Waals surface area contributed by atoms with Gasteiger partial charge in [-0.2, -0.15) is 5.10 Å². The van der Waals surface area contributed by atoms with Crippen molar-refractivity contribution in [2.24, 2.45) is 7.05 Å². The van der Waals surface area contributed by atoms with E-state index in [1.165, 1.54) is 10.2 Å². The number of piperazine rings is 1. The van der Waals surface area contributed by atoms with Gasteiger partial charge < -0.3 is 19.6 Å². The van der Waals surface area contributed by atoms with E-state index in [1.807, 2.05) is 31.1 Å². The van der Waals surface area contributed by atoms with Crippen molar-refractivity contribution in [3.05, 3.63) is 52.4 Å². The molecule has 0 amide bonds. The van der Waals surface area contributed by atoms with E-state index < -0.39 is 6.10 Å². The molecule has 29 heavy (non-hydrogen) atoms. The molecule has 2 heterocycles. The Bertz CT molecular complexity index is 829. The first kappa shape index (κ1) is 21.3. The van der Waals surface area contributed by atoms with Gasteiger partial charge >= 0.3 is 0 Å². The Balaban J connectivity index is 1.45. The molecule has 1 atom stereocenters. The fourth-order valence-electron chi connectivity index (χ4n) is 3.41. The Kier molecular flexibility index (Phi) is 7.24. The highest BCUT2D eigenvalue weighted by atomic mass is 16.5. The van der Waals surface area contributed by atoms with Crippen molar-refractivity contribution in [2.75, 3.05) is 58.3 Å². The van der Waals surface area contributed by atoms with Gasteiger partial charge in [-0.3, -0.25) is 9.69 Å². The van der Waals surface area contributed by atoms with Gasteiger partial charge in [-0.15, -0.1) is 0 Å². The Hall–Kier alpha value is -2.42. The fourth-order valence-corrected chi connectivity index (χ4v) is 3.41. The van der Waals surface area contributed by atoms with Crippen molar-refractivity contribution in [2.45, 2.75) is 12.6 Å². The number of aromatic nitrogens is 2. The third kappa shape index (κ3) is 6.28. The molecule has 0 aliphatic carbocycles. The summed E-state index contributed by atoms with van der Waals surface area (Å²) in [5, 5.41) is 14.0. The lowest BCUT2D eigenvalue weighted by Gasteiger charge is -2.35. The highest BCUT2D eigenvalue weighted by molar-refractivity contribution is 5.43. The lowest BCUT2D eigenvalue weighted by atomic mass is 10.2. The van der Waals surface area contributed by atoms with Crippen LogP contribution in [0.25, 0.3) is 0 Å². The van der Waals surface area contributed by atoms with E-state index in [-0.39, 0.29) is 12.2 Å². The lowest BCUT2D eigenvalue weighted by molar-refractivity contribution is 0.0831. The van der Waals surface area contributed by atoms with Crippen LogP contribution in [0.15, 0.2) is 41.3 Å². The van der Waals surface area contributed by atoms with Crippen LogP contribution >= 0.6 is 0 Å². The molecule has 1 aromatic carbocycles. The average molecular weight is 402 g/mol. The summed E-state index contributed by atoms with van der Waals surface area (Å²) >= 11 is 0. The second-order valence-electron chi connectivity index (χ2n) is 7.81. The van der Waals surface area contributed by atoms with Crippen LogP contribution in [0.5, 0.6) is 5.75 Å². The molecule has 0 saturated carbocycles. The second kappa shape index (κ2) is 9.87. The minimum atomic E-state index is -0.499. The first-order valence-electron chi connectivity index (χ1n) is 9.96. The van der Waals surface area contributed by atoms with Crippen LogP contribution in [0.2, 0.25) is 0 Å². The van der Waals surface area contributed by atoms with Gasteiger partial charge in [0.25, 0.3) is 5.56 Å². The Morgan fingerprint density at radius 3 is 2.48 bits per heavy atom. The molecular weight excluding hydrogens is 370 g/mol. The van der Waals surface area contributed by atoms with Crippen LogP contribution in [0.4, 0.5) is 5.69 Å². The predicted molar refractivity (Wildman–Crippen MR) is 113 cm³/mol. The van der Waals surface area contributed by atoms with Gasteiger partial charge in [0.2, 0.25) is 0 Å². The fraction of sp³-hybridized carbons (Fsp3) is 0.524. The Labute approximate surface area is 171 Å². The molecule has 8 heteroatoms. The van der Waals surface area contributed by atoms with E-state index in [4.69, 9.17) is 4.74 Å². The molecule has 1 saturated heterocycles. The zero-order valence-electron chi connectivity index (χ0n) is 17.5. The number of rotatable bonds is 8. The third-order valence-corrected chi connectivity index (χ3v) is 5.04. The normalized spacial score (nSPS) is 16.2. The molecule has 8 nitrogen and oxygen atoms in total. The van der Waals surface area contributed by atoms with E-state index in [9.17, 15) is 9.90 Å². The first-order chi connectivity index (χ1) is 13.9. The van der Waals surface area contributed by atoms with Gasteiger partial charge in [-0.05, 0) is 31.8 Å². The van der Waals surface area contributed by atoms with Crippen molar-refractivity contribution < 1.29 is 9.84 Å². The number of ether oxygens (including phenoxy) is 1. The molecule has 0 unspecified atom stereocenters. The average Bonchev–Trinajstić information content (AvgIpc) is 2.70. The van der Waals surface area contributed by atoms with Gasteiger partial charge in [-0.1, -0.05) is 12.1 Å². The molecule has 3 rings (SSSR count). The zero-order chi connectivity index (χ0) is 20.8. The largest absolute Gasteiger partial charge is 0.491 e. The van der Waals surface area contributed by atoms with Gasteiger partial charge in [0.05, 0.1) is 11.9 Å². The first-order valence-corrected chi connectivity index (χ1v) is 9.96. The molecule has 0 radical (unpaired) electrons. The number of aryl methyl sites for hydroxylation is 1. The number of hydrogen-bond acceptors (Lipinski definition) is 7. The zero-order valence-corrected chi connectivity index (χ0v) is 17.5. The van der Waals surface area contributed by atoms with Crippen molar-refractivity contribution in [1.29, 1.82) is 0 Å². The van der Waals surface area contributed by atoms with Crippen LogP contribution < -0.4 is 15.2 Å². The van der Waals surface area contributed by atoms with Crippen LogP contribution in [-0.2, 0) is 13.6 Å². The minimum Gasteiger partial charge on any atom is -0.491 e. The number of nitrogens with zero attached hydrogens (tertiary/aromatic N) is 5. The molecular formula is C21H31N5O3. The topological polar surface area (TPSA) is 74.1 Å². The number of hydrogen-bond donors (Lipinski definition) is 1. The van der Waals surface area contributed by atoms with Crippen LogP contribution in [0.3, 0.4) is 0 Å². The van der Waals surface area contributed by atoms with E-state index in [2.05, 4.69) is 27.0 Å². The van der Waals surface area contributed by atoms with Gasteiger partial charge in [-0.25, -0.2) is 4.68 Å². The highest BCUT2D eigenvalue weighted by Gasteiger charge is 2.18. The minimum absolute atomic E-state index is 0.0820. The molecule has 0 bridgehead atoms. The van der Waals surface area contributed by atoms with Gasteiger partial charge in [0.15, 0.2) is 0 Å². The standard InChI is InChI=1S/C21H31N5O3/c1-23(2)15-19(27)16-29-20-6-4-17(5-7-20)14-25-8-10-26(11-9-25)18-12-21(28)24(3)22-13-18/h4-7,12-13,19,27H,8-11,14-16H2,1-3H3/t19-/m0/s1. The van der Waals surface area contributed by atoms with Crippen LogP contribution in [0.1, 0.15) is 5.56 Å². The van der Waals surface area contributed by atoms with Crippen LogP contribution in [-0.4, -0.2) is 84.2 Å². The summed E-state index contributed by atoms with van der Waals surface area (Å²) in [6.45, 7) is 5.37. The molecule has 1 aliphatic rings. The maximum absolute atomic E-state index is 11.8. The van der Waals surface area contributed by atoms with E-state index in [1.54, 1.807) is 19.3 Å². The summed E-state index contributed by atoms with van der Waals surface area (Å²) < 4.78 is 7.01. The summed E-state index contributed by atoms with van der Waals surface area (Å²) in [5.41, 5.74) is 2.04. The number of aliphatic hydroxyl groups excluding tert-OH is 1. The maximum atomic E-state index is 11.8. The lowest BCUT2D eigenvalue weighted by Crippen LogP contribution is -2.46. The SMILES string of the molecule is CN(C)C[C@H](O)COc1ccc(CN2CCN(c3cnn(C)c(=O)c3)CC2)cc1. The van der Waals surface area contributed by atoms with E-state index >= 15 is 0 Å². The van der Waals surface area contributed by atoms with E-state index in [0.29, 0.717) is 6.54 Å². The monoisotopic (exact) mass is 401 g/mol. The van der Waals surface area contributed by atoms with Crippen molar-refractivity contribution in [3.63, 3.8) is 0 Å². The summed E-state index contributed by atoms with van der Waals surface area (Å²) in [4.78, 5) is 18.3. The number of likely N-dealkylation sites (N-methyl/N-ethyl adjacent to an activating group) is 1. The maximum Gasteiger partial charge on any atom is 0.268 e. The summed E-state index contributed by atoms with van der Waals surface area (Å²) in [6.07, 6.45) is 1.26. The second-order valence-corrected chi connectivity index (χ2v) is 7.81. The summed E-state index contributed by atoms with van der Waals surface area (Å²) in [7, 11) is 5.51. The van der Waals surface area contributed by atoms with Gasteiger partial charge in [0.1, 0.15) is 18.5 Å². The quantitative estimate of drug-likeness (QED) is 0.687. The van der Waals surface area contributed by atoms with Crippen LogP contribution in [0, 0.1) is 0 Å². The summed E-state index contributed by atoms with van der Waals surface area (Å²) in [5.74, 6) is 0.773. The highest BCUT2D eigenvalue weighted by Crippen LogP contribution is 2.17. The molecule has 2 aromatic rings. The number of benzene rings is 1. The molecule has 0 spiro atoms. The smallest absolute Gasteiger partial charge is 0.268 e. The summed E-state index contributed by atoms with van der Waals surface area (Å²) in [6, 6.07) is 9.71. The molecule has 1 aromatic heterocycles. The van der Waals surface area contributed by atoms with Crippen molar-refractivity contribution >= 4 is 5.69 Å². The molecule has 1 fully saturated rings. The molecule has 1 aliphatic heterocycles. The van der Waals surface area contributed by atoms with E-state index in [0.717, 1.165) is 44.2 Å². The third-order valence-electron chi connectivity index (χ3n) is 5.04. The van der Waals surface area contributed by atoms with Gasteiger partial charge in [0, 0.05) is 52.4 Å². The molecule has 158 valence electrons. The Morgan fingerprint density at radius 2 is 1.86 bits per heavy atom. The predicted octanol–water partition coefficient (Wildman–Crippen LogP) is 0.404. The van der Waals surface area contributed by atoms with Crippen molar-refractivity contribution in [1.82, 2.24) is 19.6 Å². The molecule has 1 N–H and O–H groups in total.